The minimum absolute atomic E-state index is 1.12. The predicted molar refractivity (Wildman–Crippen MR) is 76.4 cm³/mol. The van der Waals surface area contributed by atoms with E-state index in [1.165, 1.54) is 36.3 Å². The van der Waals surface area contributed by atoms with Crippen LogP contribution in [0.2, 0.25) is 13.3 Å². The van der Waals surface area contributed by atoms with Crippen molar-refractivity contribution in [2.75, 3.05) is 7.11 Å². The zero-order chi connectivity index (χ0) is 12.4. The quantitative estimate of drug-likeness (QED) is 0.419. The van der Waals surface area contributed by atoms with Gasteiger partial charge in [-0.25, -0.2) is 0 Å². The van der Waals surface area contributed by atoms with Gasteiger partial charge in [0.2, 0.25) is 0 Å². The van der Waals surface area contributed by atoms with Gasteiger partial charge in [0.1, 0.15) is 0 Å². The summed E-state index contributed by atoms with van der Waals surface area (Å²) in [5.74, 6) is 0. The van der Waals surface area contributed by atoms with E-state index in [9.17, 15) is 0 Å². The molecule has 0 aliphatic rings. The van der Waals surface area contributed by atoms with E-state index in [-0.39, 0.29) is 0 Å². The SMILES string of the molecule is CCC=[C](OC)[Sn]([CH2]CC)([CH2]CC)[CH2]CC. The molecule has 0 aromatic heterocycles. The summed E-state index contributed by atoms with van der Waals surface area (Å²) in [5.41, 5.74) is 0. The average Bonchev–Trinajstić information content (AvgIpc) is 2.26. The van der Waals surface area contributed by atoms with Crippen molar-refractivity contribution in [1.82, 2.24) is 0 Å². The van der Waals surface area contributed by atoms with E-state index < -0.39 is 18.4 Å². The van der Waals surface area contributed by atoms with E-state index in [4.69, 9.17) is 4.74 Å². The second-order valence-electron chi connectivity index (χ2n) is 4.71. The van der Waals surface area contributed by atoms with Crippen LogP contribution in [-0.4, -0.2) is 25.5 Å². The molecule has 2 heteroatoms. The van der Waals surface area contributed by atoms with Crippen LogP contribution in [0.1, 0.15) is 53.4 Å². The van der Waals surface area contributed by atoms with E-state index in [0.29, 0.717) is 0 Å². The Bertz CT molecular complexity index is 182. The third-order valence-corrected chi connectivity index (χ3v) is 19.9. The molecule has 0 unspecified atom stereocenters. The third-order valence-electron chi connectivity index (χ3n) is 3.32. The molecule has 0 saturated carbocycles. The molecule has 0 bridgehead atoms. The number of allylic oxidation sites excluding steroid dienone is 1. The van der Waals surface area contributed by atoms with Gasteiger partial charge in [0.25, 0.3) is 0 Å². The predicted octanol–water partition coefficient (Wildman–Crippen LogP) is 5.14. The van der Waals surface area contributed by atoms with E-state index >= 15 is 0 Å². The van der Waals surface area contributed by atoms with Gasteiger partial charge in [-0.3, -0.25) is 0 Å². The number of hydrogen-bond donors (Lipinski definition) is 0. The summed E-state index contributed by atoms with van der Waals surface area (Å²) in [6.45, 7) is 9.21. The maximum atomic E-state index is 5.77. The molecule has 0 aromatic rings. The fourth-order valence-electron chi connectivity index (χ4n) is 2.88. The number of methoxy groups -OCH3 is 1. The van der Waals surface area contributed by atoms with Crippen LogP contribution in [0.25, 0.3) is 0 Å². The van der Waals surface area contributed by atoms with Crippen LogP contribution in [0.3, 0.4) is 0 Å². The first-order valence-corrected chi connectivity index (χ1v) is 14.4. The molecule has 0 fully saturated rings. The van der Waals surface area contributed by atoms with Gasteiger partial charge in [0, 0.05) is 0 Å². The molecule has 0 aliphatic carbocycles. The van der Waals surface area contributed by atoms with Crippen molar-refractivity contribution in [3.05, 3.63) is 9.85 Å². The Kier molecular flexibility index (Phi) is 9.58. The zero-order valence-electron chi connectivity index (χ0n) is 11.9. The fraction of sp³-hybridized carbons (Fsp3) is 0.857. The number of hydrogen-bond acceptors (Lipinski definition) is 1. The van der Waals surface area contributed by atoms with E-state index in [2.05, 4.69) is 33.8 Å². The average molecular weight is 333 g/mol. The van der Waals surface area contributed by atoms with Crippen LogP contribution in [0.5, 0.6) is 0 Å². The second kappa shape index (κ2) is 9.38. The van der Waals surface area contributed by atoms with E-state index in [1.54, 1.807) is 0 Å². The van der Waals surface area contributed by atoms with Crippen molar-refractivity contribution in [3.63, 3.8) is 0 Å². The summed E-state index contributed by atoms with van der Waals surface area (Å²) in [6.07, 6.45) is 7.50. The first-order valence-electron chi connectivity index (χ1n) is 6.95. The first kappa shape index (κ1) is 16.3. The van der Waals surface area contributed by atoms with Crippen LogP contribution in [0.4, 0.5) is 0 Å². The van der Waals surface area contributed by atoms with Crippen molar-refractivity contribution in [2.45, 2.75) is 66.7 Å². The van der Waals surface area contributed by atoms with Gasteiger partial charge in [-0.05, 0) is 0 Å². The molecule has 0 heterocycles. The summed E-state index contributed by atoms with van der Waals surface area (Å²) in [5, 5.41) is 0. The Balaban J connectivity index is 5.01. The van der Waals surface area contributed by atoms with Gasteiger partial charge in [0.05, 0.1) is 0 Å². The normalized spacial score (nSPS) is 12.9. The van der Waals surface area contributed by atoms with Gasteiger partial charge < -0.3 is 0 Å². The van der Waals surface area contributed by atoms with Crippen molar-refractivity contribution >= 4 is 18.4 Å². The van der Waals surface area contributed by atoms with Gasteiger partial charge in [-0.1, -0.05) is 0 Å². The molecule has 1 nitrogen and oxygen atoms in total. The molecule has 0 amide bonds. The third kappa shape index (κ3) is 4.68. The van der Waals surface area contributed by atoms with Crippen LogP contribution >= 0.6 is 0 Å². The van der Waals surface area contributed by atoms with Crippen molar-refractivity contribution in [1.29, 1.82) is 0 Å². The Morgan fingerprint density at radius 1 is 0.938 bits per heavy atom. The van der Waals surface area contributed by atoms with Crippen LogP contribution < -0.4 is 0 Å². The molecule has 0 saturated heterocycles. The first-order chi connectivity index (χ1) is 7.70. The summed E-state index contributed by atoms with van der Waals surface area (Å²) < 4.78 is 11.6. The molecule has 16 heavy (non-hydrogen) atoms. The van der Waals surface area contributed by atoms with Crippen molar-refractivity contribution < 1.29 is 4.74 Å². The van der Waals surface area contributed by atoms with Crippen molar-refractivity contribution in [3.8, 4) is 0 Å². The minimum atomic E-state index is -2.13. The summed E-state index contributed by atoms with van der Waals surface area (Å²) in [6, 6.07) is 0. The van der Waals surface area contributed by atoms with Gasteiger partial charge in [-0.2, -0.15) is 0 Å². The van der Waals surface area contributed by atoms with Gasteiger partial charge >= 0.3 is 107 Å². The Hall–Kier alpha value is 0.339. The number of ether oxygens (including phenoxy) is 1. The zero-order valence-corrected chi connectivity index (χ0v) is 14.8. The molecule has 0 aromatic carbocycles. The molecule has 0 spiro atoms. The van der Waals surface area contributed by atoms with E-state index in [1.807, 2.05) is 7.11 Å². The van der Waals surface area contributed by atoms with Crippen LogP contribution in [0, 0.1) is 0 Å². The van der Waals surface area contributed by atoms with Gasteiger partial charge in [0.15, 0.2) is 0 Å². The molecule has 0 aliphatic heterocycles. The van der Waals surface area contributed by atoms with Crippen molar-refractivity contribution in [2.24, 2.45) is 0 Å². The molecule has 0 radical (unpaired) electrons. The molecule has 96 valence electrons. The Morgan fingerprint density at radius 2 is 1.38 bits per heavy atom. The summed E-state index contributed by atoms with van der Waals surface area (Å²) in [4.78, 5) is 0. The Labute approximate surface area is 107 Å². The maximum absolute atomic E-state index is 5.77. The monoisotopic (exact) mass is 334 g/mol. The van der Waals surface area contributed by atoms with Gasteiger partial charge in [-0.15, -0.1) is 0 Å². The molecule has 0 N–H and O–H groups in total. The summed E-state index contributed by atoms with van der Waals surface area (Å²) in [7, 11) is 1.88. The standard InChI is InChI=1S/C5H9O.3C3H7.Sn/c1-3-4-5-6-2;3*1-3-2;/h4H,3H2,1-2H3;3*1,3H2,2H3;. The van der Waals surface area contributed by atoms with E-state index in [0.717, 1.165) is 6.42 Å². The van der Waals surface area contributed by atoms with Crippen LogP contribution in [-0.2, 0) is 4.74 Å². The second-order valence-corrected chi connectivity index (χ2v) is 17.7. The molecular formula is C14H30OSn. The summed E-state index contributed by atoms with van der Waals surface area (Å²) >= 11 is -2.13. The molecule has 0 rings (SSSR count). The topological polar surface area (TPSA) is 9.23 Å². The molecule has 0 atom stereocenters. The fourth-order valence-corrected chi connectivity index (χ4v) is 18.4. The van der Waals surface area contributed by atoms with Crippen LogP contribution in [0.15, 0.2) is 9.85 Å². The Morgan fingerprint density at radius 3 is 1.62 bits per heavy atom. The molecular weight excluding hydrogens is 303 g/mol. The number of rotatable bonds is 9.